The van der Waals surface area contributed by atoms with Gasteiger partial charge in [-0.3, -0.25) is 9.59 Å². The molecule has 0 radical (unpaired) electrons. The van der Waals surface area contributed by atoms with Gasteiger partial charge in [-0.25, -0.2) is 0 Å². The molecule has 2 aromatic carbocycles. The van der Waals surface area contributed by atoms with E-state index in [0.717, 1.165) is 16.1 Å². The zero-order valence-corrected chi connectivity index (χ0v) is 17.6. The number of para-hydroxylation sites is 1. The van der Waals surface area contributed by atoms with Crippen molar-refractivity contribution >= 4 is 40.9 Å². The lowest BCUT2D eigenvalue weighted by molar-refractivity contribution is -0.138. The Kier molecular flexibility index (Phi) is 6.16. The topological polar surface area (TPSA) is 40.6 Å². The van der Waals surface area contributed by atoms with E-state index >= 15 is 0 Å². The van der Waals surface area contributed by atoms with E-state index < -0.39 is 4.75 Å². The summed E-state index contributed by atoms with van der Waals surface area (Å²) >= 11 is 7.60. The van der Waals surface area contributed by atoms with Crippen LogP contribution in [0.3, 0.4) is 0 Å². The number of anilines is 1. The average molecular weight is 415 g/mol. The van der Waals surface area contributed by atoms with Crippen LogP contribution in [0.15, 0.2) is 66.1 Å². The zero-order valence-electron chi connectivity index (χ0n) is 16.0. The van der Waals surface area contributed by atoms with Gasteiger partial charge in [-0.1, -0.05) is 59.8 Å². The molecule has 0 saturated heterocycles. The molecule has 0 fully saturated rings. The van der Waals surface area contributed by atoms with E-state index in [2.05, 4.69) is 6.58 Å². The summed E-state index contributed by atoms with van der Waals surface area (Å²) in [5.74, 6) is -0.438. The maximum Gasteiger partial charge on any atom is 0.252 e. The van der Waals surface area contributed by atoms with Crippen molar-refractivity contribution in [3.05, 3.63) is 71.8 Å². The van der Waals surface area contributed by atoms with Gasteiger partial charge >= 0.3 is 0 Å². The molecule has 1 atom stereocenters. The van der Waals surface area contributed by atoms with Gasteiger partial charge in [0.25, 0.3) is 5.91 Å². The molecule has 0 aliphatic carbocycles. The van der Waals surface area contributed by atoms with Crippen LogP contribution < -0.4 is 4.90 Å². The Hall–Kier alpha value is -2.24. The predicted octanol–water partition coefficient (Wildman–Crippen LogP) is 4.77. The molecule has 1 unspecified atom stereocenters. The minimum absolute atomic E-state index is 0.197. The Morgan fingerprint density at radius 3 is 2.61 bits per heavy atom. The van der Waals surface area contributed by atoms with Gasteiger partial charge in [-0.05, 0) is 37.6 Å². The van der Waals surface area contributed by atoms with Crippen LogP contribution in [-0.2, 0) is 16.1 Å². The fourth-order valence-electron chi connectivity index (χ4n) is 3.36. The highest BCUT2D eigenvalue weighted by atomic mass is 35.5. The van der Waals surface area contributed by atoms with Crippen molar-refractivity contribution < 1.29 is 9.59 Å². The lowest BCUT2D eigenvalue weighted by atomic mass is 10.0. The molecule has 1 heterocycles. The van der Waals surface area contributed by atoms with E-state index in [0.29, 0.717) is 24.7 Å². The van der Waals surface area contributed by atoms with Gasteiger partial charge in [0.1, 0.15) is 0 Å². The first kappa shape index (κ1) is 20.5. The standard InChI is InChI=1S/C22H23ClN2O2S/c1-4-14-24(15-16-10-6-7-11-17(16)23)20(26)22(3)21(27)25(5-2)18-12-8-9-13-19(18)28-22/h4,6-13H,1,5,14-15H2,2-3H3. The van der Waals surface area contributed by atoms with Gasteiger partial charge in [0.05, 0.1) is 5.69 Å². The summed E-state index contributed by atoms with van der Waals surface area (Å²) in [6, 6.07) is 15.1. The van der Waals surface area contributed by atoms with Crippen molar-refractivity contribution in [2.75, 3.05) is 18.0 Å². The van der Waals surface area contributed by atoms with Gasteiger partial charge in [-0.15, -0.1) is 6.58 Å². The number of rotatable bonds is 6. The lowest BCUT2D eigenvalue weighted by Gasteiger charge is -2.40. The molecule has 0 spiro atoms. The average Bonchev–Trinajstić information content (AvgIpc) is 2.69. The van der Waals surface area contributed by atoms with E-state index in [4.69, 9.17) is 11.6 Å². The summed E-state index contributed by atoms with van der Waals surface area (Å²) in [5.41, 5.74) is 1.69. The van der Waals surface area contributed by atoms with Crippen molar-refractivity contribution in [2.24, 2.45) is 0 Å². The van der Waals surface area contributed by atoms with Crippen molar-refractivity contribution in [3.63, 3.8) is 0 Å². The number of amides is 2. The SMILES string of the molecule is C=CCN(Cc1ccccc1Cl)C(=O)C1(C)Sc2ccccc2N(CC)C1=O. The van der Waals surface area contributed by atoms with E-state index in [1.807, 2.05) is 49.4 Å². The van der Waals surface area contributed by atoms with Crippen LogP contribution in [0.4, 0.5) is 5.69 Å². The summed E-state index contributed by atoms with van der Waals surface area (Å²) in [6.45, 7) is 8.56. The second-order valence-corrected chi connectivity index (χ2v) is 8.59. The Labute approximate surface area is 175 Å². The number of hydrogen-bond acceptors (Lipinski definition) is 3. The molecular formula is C22H23ClN2O2S. The van der Waals surface area contributed by atoms with Crippen molar-refractivity contribution in [1.82, 2.24) is 4.90 Å². The van der Waals surface area contributed by atoms with E-state index in [9.17, 15) is 9.59 Å². The van der Waals surface area contributed by atoms with Crippen LogP contribution in [-0.4, -0.2) is 34.6 Å². The van der Waals surface area contributed by atoms with Gasteiger partial charge in [0, 0.05) is 29.6 Å². The third kappa shape index (κ3) is 3.69. The predicted molar refractivity (Wildman–Crippen MR) is 116 cm³/mol. The first-order chi connectivity index (χ1) is 13.4. The third-order valence-corrected chi connectivity index (χ3v) is 6.49. The number of hydrogen-bond donors (Lipinski definition) is 0. The molecule has 0 N–H and O–H groups in total. The highest BCUT2D eigenvalue weighted by Crippen LogP contribution is 2.46. The number of thioether (sulfide) groups is 1. The molecule has 28 heavy (non-hydrogen) atoms. The number of carbonyl (C=O) groups is 2. The van der Waals surface area contributed by atoms with Gasteiger partial charge < -0.3 is 9.80 Å². The molecule has 1 aliphatic heterocycles. The maximum absolute atomic E-state index is 13.6. The first-order valence-corrected chi connectivity index (χ1v) is 10.4. The van der Waals surface area contributed by atoms with Crippen LogP contribution in [0.2, 0.25) is 5.02 Å². The monoisotopic (exact) mass is 414 g/mol. The number of nitrogens with zero attached hydrogens (tertiary/aromatic N) is 2. The summed E-state index contributed by atoms with van der Waals surface area (Å²) in [5, 5.41) is 0.595. The fourth-order valence-corrected chi connectivity index (χ4v) is 4.83. The van der Waals surface area contributed by atoms with Gasteiger partial charge in [0.2, 0.25) is 5.91 Å². The van der Waals surface area contributed by atoms with Crippen LogP contribution >= 0.6 is 23.4 Å². The van der Waals surface area contributed by atoms with Crippen molar-refractivity contribution in [3.8, 4) is 0 Å². The molecule has 4 nitrogen and oxygen atoms in total. The smallest absolute Gasteiger partial charge is 0.252 e. The zero-order chi connectivity index (χ0) is 20.3. The van der Waals surface area contributed by atoms with E-state index in [1.165, 1.54) is 11.8 Å². The second-order valence-electron chi connectivity index (χ2n) is 6.72. The van der Waals surface area contributed by atoms with Crippen LogP contribution in [0, 0.1) is 0 Å². The normalized spacial score (nSPS) is 18.5. The van der Waals surface area contributed by atoms with Crippen molar-refractivity contribution in [2.45, 2.75) is 30.0 Å². The Bertz CT molecular complexity index is 917. The van der Waals surface area contributed by atoms with Crippen LogP contribution in [0.25, 0.3) is 0 Å². The van der Waals surface area contributed by atoms with Gasteiger partial charge in [0.15, 0.2) is 4.75 Å². The molecule has 0 bridgehead atoms. The number of carbonyl (C=O) groups excluding carboxylic acids is 2. The minimum atomic E-state index is -1.24. The first-order valence-electron chi connectivity index (χ1n) is 9.16. The summed E-state index contributed by atoms with van der Waals surface area (Å²) < 4.78 is -1.24. The summed E-state index contributed by atoms with van der Waals surface area (Å²) in [4.78, 5) is 31.1. The largest absolute Gasteiger partial charge is 0.333 e. The molecule has 2 aromatic rings. The lowest BCUT2D eigenvalue weighted by Crippen LogP contribution is -2.57. The molecule has 0 aromatic heterocycles. The number of halogens is 1. The van der Waals surface area contributed by atoms with Crippen molar-refractivity contribution in [1.29, 1.82) is 0 Å². The second kappa shape index (κ2) is 8.41. The Morgan fingerprint density at radius 2 is 1.93 bits per heavy atom. The highest BCUT2D eigenvalue weighted by Gasteiger charge is 2.50. The third-order valence-electron chi connectivity index (χ3n) is 4.80. The molecular weight excluding hydrogens is 392 g/mol. The fraction of sp³-hybridized carbons (Fsp3) is 0.273. The minimum Gasteiger partial charge on any atom is -0.333 e. The van der Waals surface area contributed by atoms with Gasteiger partial charge in [-0.2, -0.15) is 0 Å². The highest BCUT2D eigenvalue weighted by molar-refractivity contribution is 8.02. The van der Waals surface area contributed by atoms with Crippen LogP contribution in [0.1, 0.15) is 19.4 Å². The summed E-state index contributed by atoms with van der Waals surface area (Å²) in [7, 11) is 0. The molecule has 2 amide bonds. The number of benzene rings is 2. The molecule has 1 aliphatic rings. The maximum atomic E-state index is 13.6. The summed E-state index contributed by atoms with van der Waals surface area (Å²) in [6.07, 6.45) is 1.67. The van der Waals surface area contributed by atoms with E-state index in [1.54, 1.807) is 28.9 Å². The molecule has 146 valence electrons. The number of fused-ring (bicyclic) bond motifs is 1. The quantitative estimate of drug-likeness (QED) is 0.504. The Morgan fingerprint density at radius 1 is 1.25 bits per heavy atom. The Balaban J connectivity index is 1.97. The molecule has 6 heteroatoms. The van der Waals surface area contributed by atoms with Crippen LogP contribution in [0.5, 0.6) is 0 Å². The molecule has 3 rings (SSSR count). The van der Waals surface area contributed by atoms with E-state index in [-0.39, 0.29) is 11.8 Å². The molecule has 0 saturated carbocycles.